The van der Waals surface area contributed by atoms with Crippen molar-refractivity contribution in [3.63, 3.8) is 0 Å². The van der Waals surface area contributed by atoms with Crippen molar-refractivity contribution < 1.29 is 4.74 Å². The zero-order valence-corrected chi connectivity index (χ0v) is 6.55. The van der Waals surface area contributed by atoms with Crippen LogP contribution in [-0.4, -0.2) is 13.3 Å². The maximum absolute atomic E-state index is 5.53. The van der Waals surface area contributed by atoms with Crippen LogP contribution < -0.4 is 5.73 Å². The van der Waals surface area contributed by atoms with Crippen molar-refractivity contribution in [2.24, 2.45) is 11.7 Å². The summed E-state index contributed by atoms with van der Waals surface area (Å²) in [5.74, 6) is 0.681. The number of ether oxygens (including phenoxy) is 1. The van der Waals surface area contributed by atoms with Crippen LogP contribution in [0.15, 0.2) is 0 Å². The summed E-state index contributed by atoms with van der Waals surface area (Å²) in [5, 5.41) is 0. The van der Waals surface area contributed by atoms with Crippen molar-refractivity contribution in [3.8, 4) is 0 Å². The molecule has 2 heteroatoms. The Bertz CT molecular complexity index is 57.9. The van der Waals surface area contributed by atoms with Gasteiger partial charge < -0.3 is 10.5 Å². The molecule has 2 nitrogen and oxygen atoms in total. The maximum Gasteiger partial charge on any atom is 0.105 e. The third kappa shape index (κ3) is 4.43. The highest BCUT2D eigenvalue weighted by atomic mass is 16.5. The van der Waals surface area contributed by atoms with Crippen LogP contribution in [0.5, 0.6) is 0 Å². The first kappa shape index (κ1) is 8.92. The van der Waals surface area contributed by atoms with Gasteiger partial charge in [0.2, 0.25) is 0 Å². The van der Waals surface area contributed by atoms with E-state index in [9.17, 15) is 0 Å². The van der Waals surface area contributed by atoms with Crippen LogP contribution in [0.4, 0.5) is 0 Å². The minimum absolute atomic E-state index is 0.0695. The molecule has 0 aromatic rings. The van der Waals surface area contributed by atoms with Gasteiger partial charge in [-0.25, -0.2) is 0 Å². The Balaban J connectivity index is 3.22. The molecule has 2 atom stereocenters. The summed E-state index contributed by atoms with van der Waals surface area (Å²) in [4.78, 5) is 0. The lowest BCUT2D eigenvalue weighted by molar-refractivity contribution is 0.0872. The van der Waals surface area contributed by atoms with Gasteiger partial charge in [-0.1, -0.05) is 20.3 Å². The van der Waals surface area contributed by atoms with Gasteiger partial charge in [-0.3, -0.25) is 0 Å². The minimum Gasteiger partial charge on any atom is -0.367 e. The molecular formula is C7H17NO. The van der Waals surface area contributed by atoms with Crippen LogP contribution in [0.3, 0.4) is 0 Å². The van der Waals surface area contributed by atoms with E-state index in [0.29, 0.717) is 5.92 Å². The molecule has 0 aliphatic carbocycles. The van der Waals surface area contributed by atoms with Gasteiger partial charge in [0.25, 0.3) is 0 Å². The highest BCUT2D eigenvalue weighted by Gasteiger charge is 2.04. The van der Waals surface area contributed by atoms with E-state index in [1.165, 1.54) is 6.42 Å². The molecule has 0 bridgehead atoms. The van der Waals surface area contributed by atoms with Crippen LogP contribution in [0.25, 0.3) is 0 Å². The standard InChI is InChI=1S/C7H17NO/c1-4-6(2)5-7(8)9-3/h6-7H,4-5,8H2,1-3H3. The Labute approximate surface area is 57.4 Å². The normalized spacial score (nSPS) is 17.3. The molecule has 0 fully saturated rings. The summed E-state index contributed by atoms with van der Waals surface area (Å²) in [6.07, 6.45) is 2.07. The predicted octanol–water partition coefficient (Wildman–Crippen LogP) is 1.35. The Morgan fingerprint density at radius 2 is 2.11 bits per heavy atom. The van der Waals surface area contributed by atoms with Gasteiger partial charge >= 0.3 is 0 Å². The van der Waals surface area contributed by atoms with Crippen LogP contribution in [0.1, 0.15) is 26.7 Å². The Morgan fingerprint density at radius 3 is 2.44 bits per heavy atom. The molecule has 0 saturated carbocycles. The van der Waals surface area contributed by atoms with Gasteiger partial charge in [0.1, 0.15) is 6.23 Å². The molecule has 0 rings (SSSR count). The fourth-order valence-corrected chi connectivity index (χ4v) is 0.659. The lowest BCUT2D eigenvalue weighted by atomic mass is 10.0. The molecule has 0 aromatic carbocycles. The van der Waals surface area contributed by atoms with Crippen LogP contribution in [-0.2, 0) is 4.74 Å². The second-order valence-corrected chi connectivity index (χ2v) is 2.52. The third-order valence-electron chi connectivity index (χ3n) is 1.63. The van der Waals surface area contributed by atoms with Crippen molar-refractivity contribution in [1.29, 1.82) is 0 Å². The van der Waals surface area contributed by atoms with Gasteiger partial charge in [-0.15, -0.1) is 0 Å². The van der Waals surface area contributed by atoms with Crippen LogP contribution >= 0.6 is 0 Å². The first-order valence-electron chi connectivity index (χ1n) is 3.49. The minimum atomic E-state index is -0.0695. The number of nitrogens with two attached hydrogens (primary N) is 1. The largest absolute Gasteiger partial charge is 0.367 e. The Morgan fingerprint density at radius 1 is 1.56 bits per heavy atom. The molecule has 0 saturated heterocycles. The fraction of sp³-hybridized carbons (Fsp3) is 1.00. The summed E-state index contributed by atoms with van der Waals surface area (Å²) < 4.78 is 4.90. The summed E-state index contributed by atoms with van der Waals surface area (Å²) >= 11 is 0. The SMILES string of the molecule is CCC(C)CC(N)OC. The van der Waals surface area contributed by atoms with Crippen LogP contribution in [0.2, 0.25) is 0 Å². The maximum atomic E-state index is 5.53. The van der Waals surface area contributed by atoms with E-state index < -0.39 is 0 Å². The first-order chi connectivity index (χ1) is 4.20. The Kier molecular flexibility index (Phi) is 4.72. The highest BCUT2D eigenvalue weighted by molar-refractivity contribution is 4.54. The average Bonchev–Trinajstić information content (AvgIpc) is 1.87. The topological polar surface area (TPSA) is 35.2 Å². The van der Waals surface area contributed by atoms with Gasteiger partial charge in [0, 0.05) is 7.11 Å². The van der Waals surface area contributed by atoms with Crippen molar-refractivity contribution >= 4 is 0 Å². The molecule has 0 aliphatic heterocycles. The van der Waals surface area contributed by atoms with Gasteiger partial charge in [0.15, 0.2) is 0 Å². The number of rotatable bonds is 4. The Hall–Kier alpha value is -0.0800. The zero-order valence-electron chi connectivity index (χ0n) is 6.55. The molecule has 2 unspecified atom stereocenters. The molecule has 56 valence electrons. The molecule has 0 aromatic heterocycles. The molecule has 0 amide bonds. The molecular weight excluding hydrogens is 114 g/mol. The highest BCUT2D eigenvalue weighted by Crippen LogP contribution is 2.07. The molecule has 0 aliphatic rings. The third-order valence-corrected chi connectivity index (χ3v) is 1.63. The van der Waals surface area contributed by atoms with Crippen LogP contribution in [0, 0.1) is 5.92 Å². The van der Waals surface area contributed by atoms with Crippen molar-refractivity contribution in [3.05, 3.63) is 0 Å². The van der Waals surface area contributed by atoms with Crippen molar-refractivity contribution in [2.45, 2.75) is 32.9 Å². The van der Waals surface area contributed by atoms with E-state index in [1.54, 1.807) is 7.11 Å². The molecule has 9 heavy (non-hydrogen) atoms. The lowest BCUT2D eigenvalue weighted by Gasteiger charge is -2.13. The molecule has 0 spiro atoms. The van der Waals surface area contributed by atoms with Crippen molar-refractivity contribution in [2.75, 3.05) is 7.11 Å². The molecule has 0 radical (unpaired) electrons. The van der Waals surface area contributed by atoms with E-state index in [4.69, 9.17) is 10.5 Å². The zero-order chi connectivity index (χ0) is 7.28. The second-order valence-electron chi connectivity index (χ2n) is 2.52. The number of hydrogen-bond donors (Lipinski definition) is 1. The summed E-state index contributed by atoms with van der Waals surface area (Å²) in [5.41, 5.74) is 5.53. The van der Waals surface area contributed by atoms with Gasteiger partial charge in [-0.05, 0) is 12.3 Å². The van der Waals surface area contributed by atoms with Gasteiger partial charge in [0.05, 0.1) is 0 Å². The summed E-state index contributed by atoms with van der Waals surface area (Å²) in [6, 6.07) is 0. The lowest BCUT2D eigenvalue weighted by Crippen LogP contribution is -2.24. The monoisotopic (exact) mass is 131 g/mol. The predicted molar refractivity (Wildman–Crippen MR) is 39.1 cm³/mol. The van der Waals surface area contributed by atoms with E-state index in [0.717, 1.165) is 6.42 Å². The first-order valence-corrected chi connectivity index (χ1v) is 3.49. The molecule has 2 N–H and O–H groups in total. The second kappa shape index (κ2) is 4.77. The fourth-order valence-electron chi connectivity index (χ4n) is 0.659. The smallest absolute Gasteiger partial charge is 0.105 e. The van der Waals surface area contributed by atoms with E-state index in [1.807, 2.05) is 0 Å². The van der Waals surface area contributed by atoms with E-state index in [-0.39, 0.29) is 6.23 Å². The number of methoxy groups -OCH3 is 1. The average molecular weight is 131 g/mol. The van der Waals surface area contributed by atoms with E-state index >= 15 is 0 Å². The number of hydrogen-bond acceptors (Lipinski definition) is 2. The summed E-state index contributed by atoms with van der Waals surface area (Å²) in [6.45, 7) is 4.34. The summed E-state index contributed by atoms with van der Waals surface area (Å²) in [7, 11) is 1.65. The van der Waals surface area contributed by atoms with Crippen molar-refractivity contribution in [1.82, 2.24) is 0 Å². The molecule has 0 heterocycles. The quantitative estimate of drug-likeness (QED) is 0.584. The van der Waals surface area contributed by atoms with E-state index in [2.05, 4.69) is 13.8 Å². The van der Waals surface area contributed by atoms with Gasteiger partial charge in [-0.2, -0.15) is 0 Å².